The maximum Gasteiger partial charge on any atom is 0.278 e. The van der Waals surface area contributed by atoms with E-state index in [-0.39, 0.29) is 0 Å². The second-order valence-electron chi connectivity index (χ2n) is 2.68. The zero-order valence-corrected chi connectivity index (χ0v) is 6.68. The van der Waals surface area contributed by atoms with Gasteiger partial charge in [0.15, 0.2) is 0 Å². The fourth-order valence-corrected chi connectivity index (χ4v) is 0.833. The van der Waals surface area contributed by atoms with Crippen molar-refractivity contribution in [2.45, 2.75) is 13.8 Å². The summed E-state index contributed by atoms with van der Waals surface area (Å²) in [6.45, 7) is 4.17. The topological polar surface area (TPSA) is 19.7 Å². The van der Waals surface area contributed by atoms with Gasteiger partial charge in [-0.15, -0.1) is 0 Å². The number of rotatable bonds is 1. The molecule has 0 fully saturated rings. The number of H-pyrrole nitrogens is 1. The highest BCUT2D eigenvalue weighted by Crippen LogP contribution is 1.95. The highest BCUT2D eigenvalue weighted by Gasteiger charge is 1.99. The number of aromatic nitrogens is 2. The molecule has 1 aromatic heterocycles. The van der Waals surface area contributed by atoms with Crippen molar-refractivity contribution >= 4 is 6.08 Å². The van der Waals surface area contributed by atoms with Crippen LogP contribution in [0.25, 0.3) is 6.08 Å². The van der Waals surface area contributed by atoms with Gasteiger partial charge in [0.05, 0.1) is 7.05 Å². The van der Waals surface area contributed by atoms with Gasteiger partial charge in [-0.05, 0) is 13.8 Å². The summed E-state index contributed by atoms with van der Waals surface area (Å²) in [7, 11) is 2.02. The van der Waals surface area contributed by atoms with Crippen LogP contribution in [0.2, 0.25) is 0 Å². The molecule has 0 radical (unpaired) electrons. The molecule has 0 saturated carbocycles. The van der Waals surface area contributed by atoms with Crippen LogP contribution in [0.15, 0.2) is 18.0 Å². The molecule has 2 heteroatoms. The zero-order valence-electron chi connectivity index (χ0n) is 6.68. The molecule has 0 atom stereocenters. The largest absolute Gasteiger partial charge is 0.278 e. The van der Waals surface area contributed by atoms with Crippen LogP contribution in [0.5, 0.6) is 0 Å². The number of aryl methyl sites for hydroxylation is 1. The smallest absolute Gasteiger partial charge is 0.244 e. The van der Waals surface area contributed by atoms with E-state index in [0.717, 1.165) is 5.82 Å². The van der Waals surface area contributed by atoms with Crippen molar-refractivity contribution < 1.29 is 4.57 Å². The van der Waals surface area contributed by atoms with E-state index in [1.807, 2.05) is 24.0 Å². The first kappa shape index (κ1) is 7.06. The molecule has 0 aliphatic rings. The van der Waals surface area contributed by atoms with E-state index in [4.69, 9.17) is 0 Å². The monoisotopic (exact) mass is 137 g/mol. The van der Waals surface area contributed by atoms with Crippen molar-refractivity contribution in [3.05, 3.63) is 23.8 Å². The maximum atomic E-state index is 3.12. The van der Waals surface area contributed by atoms with E-state index in [1.54, 1.807) is 0 Å². The number of imidazole rings is 1. The molecule has 2 nitrogen and oxygen atoms in total. The Morgan fingerprint density at radius 2 is 2.30 bits per heavy atom. The van der Waals surface area contributed by atoms with Gasteiger partial charge in [0, 0.05) is 6.08 Å². The number of nitrogens with one attached hydrogen (secondary N) is 1. The first-order valence-corrected chi connectivity index (χ1v) is 3.38. The van der Waals surface area contributed by atoms with Crippen molar-refractivity contribution in [3.63, 3.8) is 0 Å². The summed E-state index contributed by atoms with van der Waals surface area (Å²) in [4.78, 5) is 3.12. The van der Waals surface area contributed by atoms with E-state index in [1.165, 1.54) is 5.57 Å². The Labute approximate surface area is 61.2 Å². The predicted molar refractivity (Wildman–Crippen MR) is 41.3 cm³/mol. The molecular formula is C8H13N2+. The van der Waals surface area contributed by atoms with Gasteiger partial charge in [0.2, 0.25) is 0 Å². The van der Waals surface area contributed by atoms with E-state index >= 15 is 0 Å². The minimum absolute atomic E-state index is 1.14. The minimum Gasteiger partial charge on any atom is -0.244 e. The molecule has 0 bridgehead atoms. The first-order chi connectivity index (χ1) is 4.70. The van der Waals surface area contributed by atoms with Gasteiger partial charge in [-0.2, -0.15) is 0 Å². The number of allylic oxidation sites excluding steroid dienone is 1. The highest BCUT2D eigenvalue weighted by atomic mass is 15.0. The SMILES string of the molecule is CC(C)=Cc1[nH]cc[n+]1C. The van der Waals surface area contributed by atoms with Gasteiger partial charge in [0.25, 0.3) is 5.82 Å². The van der Waals surface area contributed by atoms with Gasteiger partial charge < -0.3 is 0 Å². The second kappa shape index (κ2) is 2.69. The molecule has 0 spiro atoms. The van der Waals surface area contributed by atoms with Gasteiger partial charge in [-0.1, -0.05) is 5.57 Å². The molecule has 0 saturated heterocycles. The Kier molecular flexibility index (Phi) is 1.90. The third-order valence-corrected chi connectivity index (χ3v) is 1.33. The number of hydrogen-bond donors (Lipinski definition) is 1. The van der Waals surface area contributed by atoms with Crippen LogP contribution < -0.4 is 4.57 Å². The number of hydrogen-bond acceptors (Lipinski definition) is 0. The predicted octanol–water partition coefficient (Wildman–Crippen LogP) is 1.26. The van der Waals surface area contributed by atoms with Crippen molar-refractivity contribution in [3.8, 4) is 0 Å². The number of nitrogens with zero attached hydrogens (tertiary/aromatic N) is 1. The summed E-state index contributed by atoms with van der Waals surface area (Å²) >= 11 is 0. The summed E-state index contributed by atoms with van der Waals surface area (Å²) in [5, 5.41) is 0. The minimum atomic E-state index is 1.14. The fraction of sp³-hybridized carbons (Fsp3) is 0.375. The Hall–Kier alpha value is -1.05. The third kappa shape index (κ3) is 1.47. The normalized spacial score (nSPS) is 9.50. The van der Waals surface area contributed by atoms with E-state index in [2.05, 4.69) is 24.9 Å². The molecule has 1 heterocycles. The van der Waals surface area contributed by atoms with Gasteiger partial charge in [-0.3, -0.25) is 0 Å². The lowest BCUT2D eigenvalue weighted by atomic mass is 10.3. The van der Waals surface area contributed by atoms with Gasteiger partial charge >= 0.3 is 0 Å². The lowest BCUT2D eigenvalue weighted by Gasteiger charge is -1.86. The molecule has 0 aliphatic heterocycles. The van der Waals surface area contributed by atoms with E-state index < -0.39 is 0 Å². The van der Waals surface area contributed by atoms with E-state index in [0.29, 0.717) is 0 Å². The molecule has 1 aromatic rings. The van der Waals surface area contributed by atoms with Crippen LogP contribution in [-0.2, 0) is 7.05 Å². The lowest BCUT2D eigenvalue weighted by molar-refractivity contribution is -0.671. The lowest BCUT2D eigenvalue weighted by Crippen LogP contribution is -2.28. The molecule has 1 N–H and O–H groups in total. The maximum absolute atomic E-state index is 3.12. The summed E-state index contributed by atoms with van der Waals surface area (Å²) in [5.74, 6) is 1.14. The van der Waals surface area contributed by atoms with Crippen LogP contribution in [0, 0.1) is 0 Å². The van der Waals surface area contributed by atoms with Crippen LogP contribution in [0.4, 0.5) is 0 Å². The highest BCUT2D eigenvalue weighted by molar-refractivity contribution is 5.40. The fourth-order valence-electron chi connectivity index (χ4n) is 0.833. The molecule has 0 aromatic carbocycles. The van der Waals surface area contributed by atoms with Crippen molar-refractivity contribution in [1.82, 2.24) is 4.98 Å². The Bertz CT molecular complexity index is 242. The molecular weight excluding hydrogens is 124 g/mol. The van der Waals surface area contributed by atoms with Gasteiger partial charge in [-0.25, -0.2) is 9.55 Å². The molecule has 1 rings (SSSR count). The first-order valence-electron chi connectivity index (χ1n) is 3.38. The molecule has 54 valence electrons. The van der Waals surface area contributed by atoms with Crippen LogP contribution >= 0.6 is 0 Å². The quantitative estimate of drug-likeness (QED) is 0.562. The van der Waals surface area contributed by atoms with Crippen molar-refractivity contribution in [2.24, 2.45) is 7.05 Å². The standard InChI is InChI=1S/C8H12N2/c1-7(2)6-8-9-4-5-10(8)3/h4-6H,1-3H3/p+1. The van der Waals surface area contributed by atoms with Crippen LogP contribution in [0.1, 0.15) is 19.7 Å². The Morgan fingerprint density at radius 1 is 1.60 bits per heavy atom. The average molecular weight is 137 g/mol. The van der Waals surface area contributed by atoms with Crippen molar-refractivity contribution in [2.75, 3.05) is 0 Å². The van der Waals surface area contributed by atoms with E-state index in [9.17, 15) is 0 Å². The molecule has 0 amide bonds. The molecule has 0 aliphatic carbocycles. The molecule has 0 unspecified atom stereocenters. The summed E-state index contributed by atoms with van der Waals surface area (Å²) in [6, 6.07) is 0. The van der Waals surface area contributed by atoms with Crippen LogP contribution in [0.3, 0.4) is 0 Å². The summed E-state index contributed by atoms with van der Waals surface area (Å²) in [5.41, 5.74) is 1.30. The Morgan fingerprint density at radius 3 is 2.70 bits per heavy atom. The average Bonchev–Trinajstić information content (AvgIpc) is 2.15. The van der Waals surface area contributed by atoms with Crippen molar-refractivity contribution in [1.29, 1.82) is 0 Å². The Balaban J connectivity index is 2.95. The summed E-state index contributed by atoms with van der Waals surface area (Å²) < 4.78 is 2.05. The zero-order chi connectivity index (χ0) is 7.56. The second-order valence-corrected chi connectivity index (χ2v) is 2.68. The number of aromatic amines is 1. The molecule has 10 heavy (non-hydrogen) atoms. The third-order valence-electron chi connectivity index (χ3n) is 1.33. The van der Waals surface area contributed by atoms with Crippen LogP contribution in [-0.4, -0.2) is 4.98 Å². The van der Waals surface area contributed by atoms with Gasteiger partial charge in [0.1, 0.15) is 12.4 Å². The summed E-state index contributed by atoms with van der Waals surface area (Å²) in [6.07, 6.45) is 6.03.